The van der Waals surface area contributed by atoms with Crippen LogP contribution in [0.15, 0.2) is 36.4 Å². The van der Waals surface area contributed by atoms with E-state index < -0.39 is 17.7 Å². The Kier molecular flexibility index (Phi) is 7.01. The number of carbonyl (C=O) groups is 1. The zero-order valence-corrected chi connectivity index (χ0v) is 16.6. The molecule has 4 nitrogen and oxygen atoms in total. The van der Waals surface area contributed by atoms with Crippen LogP contribution in [-0.4, -0.2) is 48.3 Å². The van der Waals surface area contributed by atoms with Gasteiger partial charge in [-0.25, -0.2) is 8.78 Å². The molecular weight excluding hydrogens is 407 g/mol. The molecule has 2 N–H and O–H groups in total. The fraction of sp³-hybridized carbons (Fsp3) is 0.350. The predicted octanol–water partition coefficient (Wildman–Crippen LogP) is 3.66. The summed E-state index contributed by atoms with van der Waals surface area (Å²) in [4.78, 5) is 15.5. The van der Waals surface area contributed by atoms with Gasteiger partial charge in [0.05, 0.1) is 12.1 Å². The maximum atomic E-state index is 13.9. The van der Waals surface area contributed by atoms with Crippen molar-refractivity contribution in [2.75, 3.05) is 26.2 Å². The molecule has 0 aromatic heterocycles. The Morgan fingerprint density at radius 3 is 2.43 bits per heavy atom. The second-order valence-corrected chi connectivity index (χ2v) is 7.72. The zero-order chi connectivity index (χ0) is 20.3. The van der Waals surface area contributed by atoms with E-state index in [9.17, 15) is 13.6 Å². The summed E-state index contributed by atoms with van der Waals surface area (Å²) >= 11 is 12.3. The molecule has 1 fully saturated rings. The SMILES string of the molecule is NC(C=O)C(c1ccc(Cl)cc1Cl)N1CCN(Cc2cc(F)ccc2F)CC1. The van der Waals surface area contributed by atoms with Gasteiger partial charge in [-0.2, -0.15) is 0 Å². The van der Waals surface area contributed by atoms with Crippen LogP contribution in [0.4, 0.5) is 8.78 Å². The first-order valence-corrected chi connectivity index (χ1v) is 9.71. The van der Waals surface area contributed by atoms with Gasteiger partial charge in [0, 0.05) is 48.3 Å². The lowest BCUT2D eigenvalue weighted by Crippen LogP contribution is -2.51. The van der Waals surface area contributed by atoms with Gasteiger partial charge in [0.1, 0.15) is 17.9 Å². The van der Waals surface area contributed by atoms with Crippen molar-refractivity contribution in [2.45, 2.75) is 18.6 Å². The molecule has 2 atom stereocenters. The van der Waals surface area contributed by atoms with Gasteiger partial charge in [-0.3, -0.25) is 9.80 Å². The average Bonchev–Trinajstić information content (AvgIpc) is 2.67. The van der Waals surface area contributed by atoms with Crippen LogP contribution in [0.2, 0.25) is 10.0 Å². The lowest BCUT2D eigenvalue weighted by Gasteiger charge is -2.41. The van der Waals surface area contributed by atoms with Crippen molar-refractivity contribution in [3.05, 3.63) is 69.2 Å². The minimum absolute atomic E-state index is 0.323. The topological polar surface area (TPSA) is 49.6 Å². The molecule has 0 aliphatic carbocycles. The molecule has 0 amide bonds. The third-order valence-electron chi connectivity index (χ3n) is 5.00. The summed E-state index contributed by atoms with van der Waals surface area (Å²) in [7, 11) is 0. The lowest BCUT2D eigenvalue weighted by atomic mass is 9.98. The highest BCUT2D eigenvalue weighted by molar-refractivity contribution is 6.35. The summed E-state index contributed by atoms with van der Waals surface area (Å²) < 4.78 is 27.3. The predicted molar refractivity (Wildman–Crippen MR) is 106 cm³/mol. The summed E-state index contributed by atoms with van der Waals surface area (Å²) in [6.07, 6.45) is 0.712. The van der Waals surface area contributed by atoms with Crippen molar-refractivity contribution in [2.24, 2.45) is 5.73 Å². The Morgan fingerprint density at radius 1 is 1.07 bits per heavy atom. The normalized spacial score (nSPS) is 18.0. The Morgan fingerprint density at radius 2 is 1.79 bits per heavy atom. The molecule has 1 aliphatic rings. The van der Waals surface area contributed by atoms with Crippen molar-refractivity contribution in [1.82, 2.24) is 9.80 Å². The summed E-state index contributed by atoms with van der Waals surface area (Å²) in [6, 6.07) is 7.48. The fourth-order valence-electron chi connectivity index (χ4n) is 3.57. The summed E-state index contributed by atoms with van der Waals surface area (Å²) in [5.41, 5.74) is 7.15. The van der Waals surface area contributed by atoms with Crippen LogP contribution >= 0.6 is 23.2 Å². The number of nitrogens with zero attached hydrogens (tertiary/aromatic N) is 2. The van der Waals surface area contributed by atoms with Gasteiger partial charge in [0.15, 0.2) is 0 Å². The first-order valence-electron chi connectivity index (χ1n) is 8.95. The number of piperazine rings is 1. The third-order valence-corrected chi connectivity index (χ3v) is 5.57. The summed E-state index contributed by atoms with van der Waals surface area (Å²) in [5.74, 6) is -0.873. The van der Waals surface area contributed by atoms with E-state index in [-0.39, 0.29) is 6.04 Å². The van der Waals surface area contributed by atoms with Crippen molar-refractivity contribution >= 4 is 29.5 Å². The molecule has 1 saturated heterocycles. The van der Waals surface area contributed by atoms with Crippen LogP contribution in [-0.2, 0) is 11.3 Å². The van der Waals surface area contributed by atoms with Gasteiger partial charge >= 0.3 is 0 Å². The quantitative estimate of drug-likeness (QED) is 0.714. The number of nitrogens with two attached hydrogens (primary N) is 1. The van der Waals surface area contributed by atoms with Crippen LogP contribution < -0.4 is 5.73 Å². The molecule has 2 aromatic rings. The third kappa shape index (κ3) is 4.88. The number of hydrogen-bond donors (Lipinski definition) is 1. The molecule has 2 unspecified atom stereocenters. The monoisotopic (exact) mass is 427 g/mol. The van der Waals surface area contributed by atoms with E-state index in [2.05, 4.69) is 4.90 Å². The molecule has 2 aromatic carbocycles. The van der Waals surface area contributed by atoms with Crippen LogP contribution in [0.25, 0.3) is 0 Å². The van der Waals surface area contributed by atoms with Crippen molar-refractivity contribution in [3.63, 3.8) is 0 Å². The molecule has 28 heavy (non-hydrogen) atoms. The Hall–Kier alpha value is -1.57. The minimum atomic E-state index is -0.745. The maximum Gasteiger partial charge on any atom is 0.138 e. The number of carbonyl (C=O) groups excluding carboxylic acids is 1. The fourth-order valence-corrected chi connectivity index (χ4v) is 4.09. The smallest absolute Gasteiger partial charge is 0.138 e. The molecule has 0 radical (unpaired) electrons. The maximum absolute atomic E-state index is 13.9. The van der Waals surface area contributed by atoms with E-state index in [1.165, 1.54) is 6.07 Å². The molecule has 3 rings (SSSR count). The first kappa shape index (κ1) is 21.1. The molecule has 0 saturated carbocycles. The largest absolute Gasteiger partial charge is 0.320 e. The highest BCUT2D eigenvalue weighted by Gasteiger charge is 2.31. The number of aldehydes is 1. The van der Waals surface area contributed by atoms with E-state index in [1.54, 1.807) is 18.2 Å². The molecule has 0 bridgehead atoms. The average molecular weight is 428 g/mol. The number of halogens is 4. The molecule has 150 valence electrons. The standard InChI is InChI=1S/C20H21Cl2F2N3O/c21-14-1-3-16(17(22)10-14)20(19(25)12-28)27-7-5-26(6-8-27)11-13-9-15(23)2-4-18(13)24/h1-4,9-10,12,19-20H,5-8,11,25H2. The summed E-state index contributed by atoms with van der Waals surface area (Å²) in [5, 5.41) is 0.966. The van der Waals surface area contributed by atoms with Gasteiger partial charge < -0.3 is 10.5 Å². The Labute approximate surface area is 172 Å². The van der Waals surface area contributed by atoms with E-state index in [0.29, 0.717) is 54.6 Å². The molecular formula is C20H21Cl2F2N3O. The van der Waals surface area contributed by atoms with Crippen LogP contribution in [0, 0.1) is 11.6 Å². The minimum Gasteiger partial charge on any atom is -0.320 e. The zero-order valence-electron chi connectivity index (χ0n) is 15.1. The molecule has 1 aliphatic heterocycles. The second-order valence-electron chi connectivity index (χ2n) is 6.87. The first-order chi connectivity index (χ1) is 13.4. The van der Waals surface area contributed by atoms with Gasteiger partial charge in [-0.05, 0) is 35.9 Å². The molecule has 8 heteroatoms. The number of hydrogen-bond acceptors (Lipinski definition) is 4. The lowest BCUT2D eigenvalue weighted by molar-refractivity contribution is -0.110. The Balaban J connectivity index is 1.71. The second kappa shape index (κ2) is 9.29. The summed E-state index contributed by atoms with van der Waals surface area (Å²) in [6.45, 7) is 2.81. The van der Waals surface area contributed by atoms with E-state index >= 15 is 0 Å². The Bertz CT molecular complexity index is 844. The molecule has 1 heterocycles. The van der Waals surface area contributed by atoms with Gasteiger partial charge in [-0.15, -0.1) is 0 Å². The van der Waals surface area contributed by atoms with E-state index in [0.717, 1.165) is 17.7 Å². The van der Waals surface area contributed by atoms with Gasteiger partial charge in [0.25, 0.3) is 0 Å². The van der Waals surface area contributed by atoms with Crippen LogP contribution in [0.5, 0.6) is 0 Å². The van der Waals surface area contributed by atoms with Crippen molar-refractivity contribution in [3.8, 4) is 0 Å². The van der Waals surface area contributed by atoms with Gasteiger partial charge in [0.2, 0.25) is 0 Å². The van der Waals surface area contributed by atoms with Crippen LogP contribution in [0.3, 0.4) is 0 Å². The van der Waals surface area contributed by atoms with Gasteiger partial charge in [-0.1, -0.05) is 29.3 Å². The highest BCUT2D eigenvalue weighted by atomic mass is 35.5. The van der Waals surface area contributed by atoms with Crippen molar-refractivity contribution < 1.29 is 13.6 Å². The van der Waals surface area contributed by atoms with E-state index in [1.807, 2.05) is 4.90 Å². The number of benzene rings is 2. The van der Waals surface area contributed by atoms with Crippen LogP contribution in [0.1, 0.15) is 17.2 Å². The number of rotatable bonds is 6. The highest BCUT2D eigenvalue weighted by Crippen LogP contribution is 2.32. The molecule has 0 spiro atoms. The van der Waals surface area contributed by atoms with E-state index in [4.69, 9.17) is 28.9 Å². The van der Waals surface area contributed by atoms with Crippen molar-refractivity contribution in [1.29, 1.82) is 0 Å².